The summed E-state index contributed by atoms with van der Waals surface area (Å²) in [5.41, 5.74) is 1.20. The molecule has 1 aromatic rings. The second-order valence-corrected chi connectivity index (χ2v) is 5.04. The third-order valence-corrected chi connectivity index (χ3v) is 2.77. The fourth-order valence-corrected chi connectivity index (χ4v) is 1.79. The topological polar surface area (TPSA) is 30.5 Å². The Morgan fingerprint density at radius 3 is 2.70 bits per heavy atom. The van der Waals surface area contributed by atoms with Gasteiger partial charge in [0.1, 0.15) is 0 Å². The number of rotatable bonds is 8. The van der Waals surface area contributed by atoms with Crippen LogP contribution in [0.3, 0.4) is 0 Å². The second kappa shape index (κ2) is 9.28. The van der Waals surface area contributed by atoms with E-state index in [4.69, 9.17) is 9.47 Å². The molecular weight excluding hydrogens is 250 g/mol. The normalized spacial score (nSPS) is 10.1. The molecule has 0 bridgehead atoms. The number of hydrogen-bond donors (Lipinski definition) is 1. The lowest BCUT2D eigenvalue weighted by molar-refractivity contribution is 0.301. The van der Waals surface area contributed by atoms with Gasteiger partial charge in [0.05, 0.1) is 13.7 Å². The van der Waals surface area contributed by atoms with Crippen LogP contribution in [0.25, 0.3) is 0 Å². The first kappa shape index (κ1) is 16.4. The molecule has 1 N–H and O–H groups in total. The van der Waals surface area contributed by atoms with Gasteiger partial charge in [-0.2, -0.15) is 0 Å². The molecule has 0 saturated carbocycles. The van der Waals surface area contributed by atoms with Gasteiger partial charge in [0, 0.05) is 13.0 Å². The van der Waals surface area contributed by atoms with Crippen molar-refractivity contribution in [1.82, 2.24) is 5.32 Å². The Morgan fingerprint density at radius 1 is 1.25 bits per heavy atom. The van der Waals surface area contributed by atoms with Crippen molar-refractivity contribution >= 4 is 0 Å². The molecule has 0 radical (unpaired) electrons. The van der Waals surface area contributed by atoms with E-state index in [1.54, 1.807) is 7.11 Å². The van der Waals surface area contributed by atoms with Crippen molar-refractivity contribution in [3.8, 4) is 23.3 Å². The maximum absolute atomic E-state index is 5.74. The molecule has 0 atom stereocenters. The molecule has 20 heavy (non-hydrogen) atoms. The summed E-state index contributed by atoms with van der Waals surface area (Å²) < 4.78 is 11.1. The predicted molar refractivity (Wildman–Crippen MR) is 83.1 cm³/mol. The Balaban J connectivity index is 2.61. The average molecular weight is 275 g/mol. The number of benzene rings is 1. The highest BCUT2D eigenvalue weighted by atomic mass is 16.5. The Hall–Kier alpha value is -1.66. The Morgan fingerprint density at radius 2 is 2.05 bits per heavy atom. The monoisotopic (exact) mass is 275 g/mol. The Labute approximate surface area is 122 Å². The highest BCUT2D eigenvalue weighted by Gasteiger charge is 2.05. The highest BCUT2D eigenvalue weighted by molar-refractivity contribution is 5.43. The summed E-state index contributed by atoms with van der Waals surface area (Å²) in [6, 6.07) is 6.05. The highest BCUT2D eigenvalue weighted by Crippen LogP contribution is 2.28. The Kier molecular flexibility index (Phi) is 7.60. The lowest BCUT2D eigenvalue weighted by atomic mass is 10.2. The van der Waals surface area contributed by atoms with Gasteiger partial charge in [-0.25, -0.2) is 0 Å². The van der Waals surface area contributed by atoms with Crippen LogP contribution in [0.2, 0.25) is 0 Å². The summed E-state index contributed by atoms with van der Waals surface area (Å²) in [5.74, 6) is 8.05. The van der Waals surface area contributed by atoms with E-state index in [2.05, 4.69) is 37.1 Å². The van der Waals surface area contributed by atoms with E-state index in [0.717, 1.165) is 31.0 Å². The third-order valence-electron chi connectivity index (χ3n) is 2.77. The van der Waals surface area contributed by atoms with Gasteiger partial charge < -0.3 is 14.8 Å². The molecule has 1 aromatic carbocycles. The van der Waals surface area contributed by atoms with Crippen LogP contribution in [0.15, 0.2) is 18.2 Å². The summed E-state index contributed by atoms with van der Waals surface area (Å²) in [5, 5.41) is 3.42. The lowest BCUT2D eigenvalue weighted by Crippen LogP contribution is -2.18. The van der Waals surface area contributed by atoms with Crippen LogP contribution in [0, 0.1) is 17.8 Å². The van der Waals surface area contributed by atoms with Crippen LogP contribution in [0.4, 0.5) is 0 Å². The second-order valence-electron chi connectivity index (χ2n) is 5.04. The van der Waals surface area contributed by atoms with Crippen LogP contribution in [0.1, 0.15) is 32.8 Å². The number of ether oxygens (including phenoxy) is 2. The van der Waals surface area contributed by atoms with Gasteiger partial charge in [0.2, 0.25) is 0 Å². The summed E-state index contributed by atoms with van der Waals surface area (Å²) in [4.78, 5) is 0. The first-order valence-corrected chi connectivity index (χ1v) is 7.07. The average Bonchev–Trinajstić information content (AvgIpc) is 2.43. The van der Waals surface area contributed by atoms with Crippen molar-refractivity contribution in [3.63, 3.8) is 0 Å². The van der Waals surface area contributed by atoms with E-state index in [0.29, 0.717) is 12.5 Å². The molecule has 0 aliphatic heterocycles. The molecule has 110 valence electrons. The fourth-order valence-electron chi connectivity index (χ4n) is 1.79. The van der Waals surface area contributed by atoms with E-state index in [-0.39, 0.29) is 0 Å². The molecule has 0 heterocycles. The summed E-state index contributed by atoms with van der Waals surface area (Å²) >= 11 is 0. The van der Waals surface area contributed by atoms with Crippen LogP contribution in [-0.4, -0.2) is 20.3 Å². The minimum atomic E-state index is 0.583. The van der Waals surface area contributed by atoms with Gasteiger partial charge in [-0.05, 0) is 37.1 Å². The molecule has 0 amide bonds. The van der Waals surface area contributed by atoms with Gasteiger partial charge >= 0.3 is 0 Å². The first-order chi connectivity index (χ1) is 9.67. The lowest BCUT2D eigenvalue weighted by Gasteiger charge is -2.12. The molecule has 1 rings (SSSR count). The summed E-state index contributed by atoms with van der Waals surface area (Å²) in [7, 11) is 1.66. The number of hydrogen-bond acceptors (Lipinski definition) is 3. The summed E-state index contributed by atoms with van der Waals surface area (Å²) in [6.45, 7) is 8.66. The van der Waals surface area contributed by atoms with Gasteiger partial charge in [-0.15, -0.1) is 11.8 Å². The standard InChI is InChI=1S/C17H25NO2/c1-5-6-7-10-20-17-11-15(8-9-16(17)19-4)13-18-12-14(2)3/h8-9,11,14,18H,7,10,12-13H2,1-4H3. The van der Waals surface area contributed by atoms with E-state index in [1.807, 2.05) is 19.1 Å². The molecule has 0 spiro atoms. The summed E-state index contributed by atoms with van der Waals surface area (Å²) in [6.07, 6.45) is 0.732. The SMILES string of the molecule is CC#CCCOc1cc(CNCC(C)C)ccc1OC. The Bertz CT molecular complexity index is 458. The van der Waals surface area contributed by atoms with Crippen molar-refractivity contribution in [2.75, 3.05) is 20.3 Å². The van der Waals surface area contributed by atoms with E-state index < -0.39 is 0 Å². The smallest absolute Gasteiger partial charge is 0.161 e. The van der Waals surface area contributed by atoms with E-state index in [9.17, 15) is 0 Å². The maximum atomic E-state index is 5.74. The van der Waals surface area contributed by atoms with Crippen molar-refractivity contribution in [1.29, 1.82) is 0 Å². The predicted octanol–water partition coefficient (Wildman–Crippen LogP) is 3.23. The third kappa shape index (κ3) is 5.99. The van der Waals surface area contributed by atoms with Crippen LogP contribution < -0.4 is 14.8 Å². The molecule has 0 aliphatic carbocycles. The molecule has 0 aliphatic rings. The largest absolute Gasteiger partial charge is 0.493 e. The maximum Gasteiger partial charge on any atom is 0.161 e. The van der Waals surface area contributed by atoms with Gasteiger partial charge in [0.15, 0.2) is 11.5 Å². The zero-order valence-corrected chi connectivity index (χ0v) is 13.0. The number of methoxy groups -OCH3 is 1. The van der Waals surface area contributed by atoms with Crippen LogP contribution in [-0.2, 0) is 6.54 Å². The van der Waals surface area contributed by atoms with Crippen molar-refractivity contribution in [2.45, 2.75) is 33.7 Å². The quantitative estimate of drug-likeness (QED) is 0.583. The molecule has 3 heteroatoms. The van der Waals surface area contributed by atoms with E-state index >= 15 is 0 Å². The van der Waals surface area contributed by atoms with Crippen molar-refractivity contribution in [2.24, 2.45) is 5.92 Å². The molecule has 0 aromatic heterocycles. The van der Waals surface area contributed by atoms with Crippen LogP contribution >= 0.6 is 0 Å². The number of nitrogens with one attached hydrogen (secondary N) is 1. The van der Waals surface area contributed by atoms with Crippen LogP contribution in [0.5, 0.6) is 11.5 Å². The van der Waals surface area contributed by atoms with Gasteiger partial charge in [-0.3, -0.25) is 0 Å². The fraction of sp³-hybridized carbons (Fsp3) is 0.529. The molecule has 0 fully saturated rings. The zero-order valence-electron chi connectivity index (χ0n) is 13.0. The first-order valence-electron chi connectivity index (χ1n) is 7.07. The van der Waals surface area contributed by atoms with Gasteiger partial charge in [-0.1, -0.05) is 19.9 Å². The molecule has 0 saturated heterocycles. The molecule has 3 nitrogen and oxygen atoms in total. The van der Waals surface area contributed by atoms with Crippen molar-refractivity contribution < 1.29 is 9.47 Å². The minimum absolute atomic E-state index is 0.583. The molecular formula is C17H25NO2. The van der Waals surface area contributed by atoms with E-state index in [1.165, 1.54) is 5.56 Å². The minimum Gasteiger partial charge on any atom is -0.493 e. The molecule has 0 unspecified atom stereocenters. The van der Waals surface area contributed by atoms with Crippen molar-refractivity contribution in [3.05, 3.63) is 23.8 Å². The zero-order chi connectivity index (χ0) is 14.8. The van der Waals surface area contributed by atoms with Gasteiger partial charge in [0.25, 0.3) is 0 Å².